The molecule has 0 spiro atoms. The molecule has 0 unspecified atom stereocenters. The van der Waals surface area contributed by atoms with Crippen LogP contribution in [0.2, 0.25) is 0 Å². The third-order valence-corrected chi connectivity index (χ3v) is 2.91. The van der Waals surface area contributed by atoms with Crippen molar-refractivity contribution in [2.24, 2.45) is 5.73 Å². The smallest absolute Gasteiger partial charge is 0.119 e. The van der Waals surface area contributed by atoms with Gasteiger partial charge in [0.05, 0.1) is 0 Å². The van der Waals surface area contributed by atoms with Gasteiger partial charge in [-0.15, -0.1) is 0 Å². The van der Waals surface area contributed by atoms with Gasteiger partial charge in [-0.05, 0) is 54.5 Å². The first-order valence-corrected chi connectivity index (χ1v) is 5.89. The van der Waals surface area contributed by atoms with Crippen molar-refractivity contribution in [2.75, 3.05) is 6.54 Å². The van der Waals surface area contributed by atoms with Crippen LogP contribution in [0.1, 0.15) is 43.9 Å². The monoisotopic (exact) mass is 221 g/mol. The summed E-state index contributed by atoms with van der Waals surface area (Å²) in [6.07, 6.45) is 1.99. The highest BCUT2D eigenvalue weighted by atomic mass is 16.3. The largest absolute Gasteiger partial charge is 0.508 e. The Morgan fingerprint density at radius 3 is 2.38 bits per heavy atom. The minimum Gasteiger partial charge on any atom is -0.508 e. The van der Waals surface area contributed by atoms with Crippen LogP contribution >= 0.6 is 0 Å². The van der Waals surface area contributed by atoms with E-state index in [0.29, 0.717) is 12.3 Å². The van der Waals surface area contributed by atoms with Crippen molar-refractivity contribution in [1.82, 2.24) is 0 Å². The molecule has 1 aromatic rings. The first kappa shape index (κ1) is 13.0. The van der Waals surface area contributed by atoms with Crippen LogP contribution in [-0.2, 0) is 11.8 Å². The van der Waals surface area contributed by atoms with E-state index in [9.17, 15) is 5.11 Å². The zero-order chi connectivity index (χ0) is 12.3. The zero-order valence-corrected chi connectivity index (χ0v) is 10.8. The minimum absolute atomic E-state index is 0.0186. The van der Waals surface area contributed by atoms with E-state index in [0.717, 1.165) is 24.0 Å². The van der Waals surface area contributed by atoms with E-state index >= 15 is 0 Å². The van der Waals surface area contributed by atoms with Crippen LogP contribution in [0.5, 0.6) is 5.75 Å². The Morgan fingerprint density at radius 1 is 1.25 bits per heavy atom. The Kier molecular flexibility index (Phi) is 3.98. The number of phenols is 1. The van der Waals surface area contributed by atoms with Gasteiger partial charge in [0.2, 0.25) is 0 Å². The first-order chi connectivity index (χ1) is 7.36. The number of nitrogens with two attached hydrogens (primary N) is 1. The van der Waals surface area contributed by atoms with Crippen LogP contribution in [0.25, 0.3) is 0 Å². The van der Waals surface area contributed by atoms with E-state index < -0.39 is 0 Å². The van der Waals surface area contributed by atoms with Gasteiger partial charge in [0.15, 0.2) is 0 Å². The molecule has 0 radical (unpaired) electrons. The van der Waals surface area contributed by atoms with E-state index in [4.69, 9.17) is 5.73 Å². The number of phenolic OH excluding ortho intramolecular Hbond substituents is 1. The molecule has 1 rings (SSSR count). The molecular weight excluding hydrogens is 198 g/mol. The molecule has 0 aliphatic carbocycles. The molecule has 3 N–H and O–H groups in total. The Hall–Kier alpha value is -1.02. The summed E-state index contributed by atoms with van der Waals surface area (Å²) in [7, 11) is 0. The van der Waals surface area contributed by atoms with E-state index in [1.807, 2.05) is 13.0 Å². The quantitative estimate of drug-likeness (QED) is 0.824. The minimum atomic E-state index is -0.0186. The second kappa shape index (κ2) is 4.88. The SMILES string of the molecule is Cc1cc(O)c(C(C)(C)C)cc1CCCN. The van der Waals surface area contributed by atoms with Crippen LogP contribution in [0.15, 0.2) is 12.1 Å². The van der Waals surface area contributed by atoms with Crippen molar-refractivity contribution in [2.45, 2.75) is 46.0 Å². The lowest BCUT2D eigenvalue weighted by Crippen LogP contribution is -2.12. The van der Waals surface area contributed by atoms with Gasteiger partial charge in [0, 0.05) is 0 Å². The van der Waals surface area contributed by atoms with Crippen molar-refractivity contribution in [3.63, 3.8) is 0 Å². The highest BCUT2D eigenvalue weighted by Gasteiger charge is 2.19. The molecule has 0 saturated heterocycles. The van der Waals surface area contributed by atoms with Crippen LogP contribution in [-0.4, -0.2) is 11.7 Å². The van der Waals surface area contributed by atoms with E-state index in [1.54, 1.807) is 0 Å². The molecule has 0 aliphatic heterocycles. The Labute approximate surface area is 98.5 Å². The Balaban J connectivity index is 3.11. The molecule has 90 valence electrons. The molecule has 0 amide bonds. The lowest BCUT2D eigenvalue weighted by Gasteiger charge is -2.22. The average molecular weight is 221 g/mol. The van der Waals surface area contributed by atoms with Crippen LogP contribution in [0.4, 0.5) is 0 Å². The van der Waals surface area contributed by atoms with E-state index in [-0.39, 0.29) is 5.41 Å². The highest BCUT2D eigenvalue weighted by Crippen LogP contribution is 2.33. The summed E-state index contributed by atoms with van der Waals surface area (Å²) < 4.78 is 0. The normalized spacial score (nSPS) is 11.8. The van der Waals surface area contributed by atoms with Crippen molar-refractivity contribution in [1.29, 1.82) is 0 Å². The molecule has 0 fully saturated rings. The van der Waals surface area contributed by atoms with Gasteiger partial charge in [-0.3, -0.25) is 0 Å². The number of hydrogen-bond donors (Lipinski definition) is 2. The van der Waals surface area contributed by atoms with E-state index in [2.05, 4.69) is 26.8 Å². The fraction of sp³-hybridized carbons (Fsp3) is 0.571. The van der Waals surface area contributed by atoms with Gasteiger partial charge in [-0.2, -0.15) is 0 Å². The standard InChI is InChI=1S/C14H23NO/c1-10-8-13(16)12(14(2,3)4)9-11(10)6-5-7-15/h8-9,16H,5-7,15H2,1-4H3. The summed E-state index contributed by atoms with van der Waals surface area (Å²) >= 11 is 0. The summed E-state index contributed by atoms with van der Waals surface area (Å²) in [5.74, 6) is 0.404. The van der Waals surface area contributed by atoms with Gasteiger partial charge in [0.25, 0.3) is 0 Å². The summed E-state index contributed by atoms with van der Waals surface area (Å²) in [5.41, 5.74) is 8.98. The number of benzene rings is 1. The molecule has 2 nitrogen and oxygen atoms in total. The Bertz CT molecular complexity index is 364. The van der Waals surface area contributed by atoms with Gasteiger partial charge in [-0.25, -0.2) is 0 Å². The molecule has 2 heteroatoms. The number of rotatable bonds is 3. The van der Waals surface area contributed by atoms with E-state index in [1.165, 1.54) is 5.56 Å². The van der Waals surface area contributed by atoms with Gasteiger partial charge < -0.3 is 10.8 Å². The van der Waals surface area contributed by atoms with Crippen LogP contribution < -0.4 is 5.73 Å². The van der Waals surface area contributed by atoms with Gasteiger partial charge in [-0.1, -0.05) is 26.8 Å². The van der Waals surface area contributed by atoms with Gasteiger partial charge >= 0.3 is 0 Å². The number of aromatic hydroxyl groups is 1. The lowest BCUT2D eigenvalue weighted by molar-refractivity contribution is 0.445. The molecule has 1 aromatic carbocycles. The molecule has 0 aromatic heterocycles. The van der Waals surface area contributed by atoms with Gasteiger partial charge in [0.1, 0.15) is 5.75 Å². The fourth-order valence-electron chi connectivity index (χ4n) is 1.90. The van der Waals surface area contributed by atoms with Crippen molar-refractivity contribution in [3.05, 3.63) is 28.8 Å². The maximum Gasteiger partial charge on any atom is 0.119 e. The molecule has 0 saturated carbocycles. The maximum atomic E-state index is 9.95. The third-order valence-electron chi connectivity index (χ3n) is 2.91. The molecule has 0 bridgehead atoms. The van der Waals surface area contributed by atoms with Crippen molar-refractivity contribution < 1.29 is 5.11 Å². The second-order valence-corrected chi connectivity index (χ2v) is 5.44. The summed E-state index contributed by atoms with van der Waals surface area (Å²) in [5, 5.41) is 9.95. The first-order valence-electron chi connectivity index (χ1n) is 5.89. The Morgan fingerprint density at radius 2 is 1.88 bits per heavy atom. The summed E-state index contributed by atoms with van der Waals surface area (Å²) in [6.45, 7) is 9.10. The highest BCUT2D eigenvalue weighted by molar-refractivity contribution is 5.44. The molecular formula is C14H23NO. The molecule has 0 heterocycles. The lowest BCUT2D eigenvalue weighted by atomic mass is 9.84. The number of aryl methyl sites for hydroxylation is 2. The number of hydrogen-bond acceptors (Lipinski definition) is 2. The molecule has 16 heavy (non-hydrogen) atoms. The van der Waals surface area contributed by atoms with Crippen molar-refractivity contribution >= 4 is 0 Å². The maximum absolute atomic E-state index is 9.95. The van der Waals surface area contributed by atoms with Crippen molar-refractivity contribution in [3.8, 4) is 5.75 Å². The third kappa shape index (κ3) is 2.99. The predicted octanol–water partition coefficient (Wildman–Crippen LogP) is 2.89. The van der Waals surface area contributed by atoms with Crippen LogP contribution in [0, 0.1) is 6.92 Å². The topological polar surface area (TPSA) is 46.2 Å². The molecule has 0 atom stereocenters. The summed E-state index contributed by atoms with van der Waals surface area (Å²) in [6, 6.07) is 3.99. The average Bonchev–Trinajstić information content (AvgIpc) is 2.14. The predicted molar refractivity (Wildman–Crippen MR) is 68.9 cm³/mol. The molecule has 0 aliphatic rings. The summed E-state index contributed by atoms with van der Waals surface area (Å²) in [4.78, 5) is 0. The second-order valence-electron chi connectivity index (χ2n) is 5.44. The fourth-order valence-corrected chi connectivity index (χ4v) is 1.90. The van der Waals surface area contributed by atoms with Crippen LogP contribution in [0.3, 0.4) is 0 Å². The zero-order valence-electron chi connectivity index (χ0n) is 10.8.